The van der Waals surface area contributed by atoms with Crippen molar-refractivity contribution in [2.75, 3.05) is 26.8 Å². The van der Waals surface area contributed by atoms with Crippen LogP contribution >= 0.6 is 24.0 Å². The van der Waals surface area contributed by atoms with Gasteiger partial charge in [0, 0.05) is 25.6 Å². The summed E-state index contributed by atoms with van der Waals surface area (Å²) in [7, 11) is 1.74. The minimum atomic E-state index is -0.0268. The quantitative estimate of drug-likeness (QED) is 0.283. The van der Waals surface area contributed by atoms with Gasteiger partial charge in [-0.3, -0.25) is 4.99 Å². The Morgan fingerprint density at radius 1 is 1.30 bits per heavy atom. The smallest absolute Gasteiger partial charge is 0.213 e. The lowest BCUT2D eigenvalue weighted by Crippen LogP contribution is -2.38. The lowest BCUT2D eigenvalue weighted by molar-refractivity contribution is 0.136. The Morgan fingerprint density at radius 2 is 2.04 bits per heavy atom. The molecule has 0 aliphatic rings. The lowest BCUT2D eigenvalue weighted by Gasteiger charge is -2.13. The molecule has 1 rings (SSSR count). The van der Waals surface area contributed by atoms with E-state index in [1.165, 1.54) is 0 Å². The average Bonchev–Trinajstić information content (AvgIpc) is 2.95. The summed E-state index contributed by atoms with van der Waals surface area (Å²) >= 11 is 0. The standard InChI is InChI=1S/C16H30N4O2.HI/c1-6-7-9-21-10-8-18-15(17-5)20-12-14-19-11-13(22-14)16(2,3)4;/h11H,6-10,12H2,1-5H3,(H2,17,18,20);1H. The Labute approximate surface area is 156 Å². The highest BCUT2D eigenvalue weighted by Gasteiger charge is 2.19. The van der Waals surface area contributed by atoms with Gasteiger partial charge in [0.25, 0.3) is 0 Å². The summed E-state index contributed by atoms with van der Waals surface area (Å²) in [4.78, 5) is 8.44. The van der Waals surface area contributed by atoms with Crippen LogP contribution in [-0.4, -0.2) is 37.7 Å². The molecule has 0 unspecified atom stereocenters. The molecule has 134 valence electrons. The van der Waals surface area contributed by atoms with Crippen molar-refractivity contribution in [3.05, 3.63) is 17.8 Å². The van der Waals surface area contributed by atoms with Crippen LogP contribution in [0.5, 0.6) is 0 Å². The van der Waals surface area contributed by atoms with Gasteiger partial charge in [-0.1, -0.05) is 34.1 Å². The number of hydrogen-bond acceptors (Lipinski definition) is 4. The van der Waals surface area contributed by atoms with E-state index in [-0.39, 0.29) is 29.4 Å². The molecule has 0 aliphatic carbocycles. The van der Waals surface area contributed by atoms with Gasteiger partial charge in [0.15, 0.2) is 5.96 Å². The van der Waals surface area contributed by atoms with Crippen LogP contribution in [-0.2, 0) is 16.7 Å². The number of rotatable bonds is 8. The van der Waals surface area contributed by atoms with E-state index in [2.05, 4.69) is 48.3 Å². The molecule has 0 amide bonds. The molecular weight excluding hydrogens is 407 g/mol. The Kier molecular flexibility index (Phi) is 11.2. The fraction of sp³-hybridized carbons (Fsp3) is 0.750. The summed E-state index contributed by atoms with van der Waals surface area (Å²) in [6, 6.07) is 0. The maximum atomic E-state index is 5.73. The molecule has 2 N–H and O–H groups in total. The second-order valence-corrected chi connectivity index (χ2v) is 6.19. The summed E-state index contributed by atoms with van der Waals surface area (Å²) in [5.41, 5.74) is -0.0268. The van der Waals surface area contributed by atoms with Gasteiger partial charge in [0.1, 0.15) is 5.76 Å². The fourth-order valence-corrected chi connectivity index (χ4v) is 1.71. The van der Waals surface area contributed by atoms with Gasteiger partial charge in [0.2, 0.25) is 5.89 Å². The highest BCUT2D eigenvalue weighted by molar-refractivity contribution is 14.0. The lowest BCUT2D eigenvalue weighted by atomic mass is 9.94. The molecule has 0 aromatic carbocycles. The summed E-state index contributed by atoms with van der Waals surface area (Å²) < 4.78 is 11.2. The van der Waals surface area contributed by atoms with E-state index >= 15 is 0 Å². The zero-order valence-electron chi connectivity index (χ0n) is 14.9. The predicted octanol–water partition coefficient (Wildman–Crippen LogP) is 3.07. The van der Waals surface area contributed by atoms with Gasteiger partial charge in [-0.25, -0.2) is 4.98 Å². The van der Waals surface area contributed by atoms with Crippen LogP contribution in [0.15, 0.2) is 15.6 Å². The number of unbranched alkanes of at least 4 members (excludes halogenated alkanes) is 1. The number of ether oxygens (including phenoxy) is 1. The third-order valence-corrected chi connectivity index (χ3v) is 3.10. The second-order valence-electron chi connectivity index (χ2n) is 6.19. The SMILES string of the molecule is CCCCOCCNC(=NC)NCc1ncc(C(C)(C)C)o1.I. The summed E-state index contributed by atoms with van der Waals surface area (Å²) in [5, 5.41) is 6.38. The van der Waals surface area contributed by atoms with Crippen molar-refractivity contribution in [1.82, 2.24) is 15.6 Å². The molecule has 0 saturated heterocycles. The minimum Gasteiger partial charge on any atom is -0.443 e. The third kappa shape index (κ3) is 9.14. The molecule has 0 saturated carbocycles. The molecule has 0 atom stereocenters. The number of oxazole rings is 1. The molecule has 0 fully saturated rings. The monoisotopic (exact) mass is 438 g/mol. The van der Waals surface area contributed by atoms with Gasteiger partial charge < -0.3 is 19.8 Å². The largest absolute Gasteiger partial charge is 0.443 e. The van der Waals surface area contributed by atoms with Gasteiger partial charge in [0.05, 0.1) is 19.3 Å². The molecule has 0 aliphatic heterocycles. The first-order valence-electron chi connectivity index (χ1n) is 7.94. The van der Waals surface area contributed by atoms with Crippen molar-refractivity contribution in [3.63, 3.8) is 0 Å². The molecule has 1 aromatic rings. The molecule has 1 heterocycles. The summed E-state index contributed by atoms with van der Waals surface area (Å²) in [6.45, 7) is 11.2. The highest BCUT2D eigenvalue weighted by Crippen LogP contribution is 2.22. The third-order valence-electron chi connectivity index (χ3n) is 3.10. The normalized spacial score (nSPS) is 12.0. The van der Waals surface area contributed by atoms with E-state index < -0.39 is 0 Å². The van der Waals surface area contributed by atoms with Crippen LogP contribution in [0.3, 0.4) is 0 Å². The molecule has 6 nitrogen and oxygen atoms in total. The van der Waals surface area contributed by atoms with Crippen LogP contribution in [0.1, 0.15) is 52.2 Å². The minimum absolute atomic E-state index is 0. The number of nitrogens with one attached hydrogen (secondary N) is 2. The van der Waals surface area contributed by atoms with Crippen molar-refractivity contribution in [3.8, 4) is 0 Å². The first-order valence-corrected chi connectivity index (χ1v) is 7.94. The zero-order chi connectivity index (χ0) is 16.4. The summed E-state index contributed by atoms with van der Waals surface area (Å²) in [6.07, 6.45) is 4.05. The van der Waals surface area contributed by atoms with Gasteiger partial charge in [-0.15, -0.1) is 24.0 Å². The molecule has 0 spiro atoms. The molecule has 0 bridgehead atoms. The Balaban J connectivity index is 0.00000484. The van der Waals surface area contributed by atoms with Gasteiger partial charge in [-0.05, 0) is 6.42 Å². The number of guanidine groups is 1. The van der Waals surface area contributed by atoms with E-state index in [0.717, 1.165) is 37.7 Å². The van der Waals surface area contributed by atoms with E-state index in [0.29, 0.717) is 19.0 Å². The Hall–Kier alpha value is -0.830. The highest BCUT2D eigenvalue weighted by atomic mass is 127. The van der Waals surface area contributed by atoms with Crippen LogP contribution in [0, 0.1) is 0 Å². The maximum absolute atomic E-state index is 5.73. The van der Waals surface area contributed by atoms with Crippen LogP contribution in [0.4, 0.5) is 0 Å². The zero-order valence-corrected chi connectivity index (χ0v) is 17.3. The number of aliphatic imine (C=N–C) groups is 1. The van der Waals surface area contributed by atoms with Gasteiger partial charge in [-0.2, -0.15) is 0 Å². The van der Waals surface area contributed by atoms with Crippen molar-refractivity contribution in [2.24, 2.45) is 4.99 Å². The molecule has 1 aromatic heterocycles. The first-order chi connectivity index (χ1) is 10.5. The number of aromatic nitrogens is 1. The number of nitrogens with zero attached hydrogens (tertiary/aromatic N) is 2. The van der Waals surface area contributed by atoms with Crippen molar-refractivity contribution < 1.29 is 9.15 Å². The molecule has 23 heavy (non-hydrogen) atoms. The molecular formula is C16H31IN4O2. The van der Waals surface area contributed by atoms with Crippen molar-refractivity contribution in [1.29, 1.82) is 0 Å². The average molecular weight is 438 g/mol. The maximum Gasteiger partial charge on any atom is 0.213 e. The van der Waals surface area contributed by atoms with E-state index in [1.807, 2.05) is 0 Å². The Morgan fingerprint density at radius 3 is 2.61 bits per heavy atom. The van der Waals surface area contributed by atoms with Crippen LogP contribution < -0.4 is 10.6 Å². The van der Waals surface area contributed by atoms with Gasteiger partial charge >= 0.3 is 0 Å². The van der Waals surface area contributed by atoms with Crippen LogP contribution in [0.2, 0.25) is 0 Å². The predicted molar refractivity (Wildman–Crippen MR) is 105 cm³/mol. The second kappa shape index (κ2) is 11.7. The topological polar surface area (TPSA) is 71.7 Å². The summed E-state index contributed by atoms with van der Waals surface area (Å²) in [5.74, 6) is 2.26. The molecule has 0 radical (unpaired) electrons. The Bertz CT molecular complexity index is 455. The fourth-order valence-electron chi connectivity index (χ4n) is 1.71. The van der Waals surface area contributed by atoms with E-state index in [4.69, 9.17) is 9.15 Å². The van der Waals surface area contributed by atoms with Crippen molar-refractivity contribution >= 4 is 29.9 Å². The first kappa shape index (κ1) is 22.2. The number of hydrogen-bond donors (Lipinski definition) is 2. The van der Waals surface area contributed by atoms with E-state index in [9.17, 15) is 0 Å². The molecule has 7 heteroatoms. The van der Waals surface area contributed by atoms with Crippen LogP contribution in [0.25, 0.3) is 0 Å². The van der Waals surface area contributed by atoms with Crippen molar-refractivity contribution in [2.45, 2.75) is 52.5 Å². The number of halogens is 1. The van der Waals surface area contributed by atoms with E-state index in [1.54, 1.807) is 13.2 Å².